The molecule has 18 nitrogen and oxygen atoms in total. The Morgan fingerprint density at radius 1 is 1.00 bits per heavy atom. The zero-order valence-electron chi connectivity index (χ0n) is 42.3. The topological polar surface area (TPSA) is 186 Å². The monoisotopic (exact) mass is 982 g/mol. The van der Waals surface area contributed by atoms with Crippen molar-refractivity contribution in [2.75, 3.05) is 73.2 Å². The fourth-order valence-electron chi connectivity index (χ4n) is 12.7. The van der Waals surface area contributed by atoms with E-state index in [-0.39, 0.29) is 42.4 Å². The van der Waals surface area contributed by atoms with Crippen LogP contribution in [0.1, 0.15) is 100 Å². The molecule has 4 saturated heterocycles. The first-order valence-corrected chi connectivity index (χ1v) is 26.0. The number of methoxy groups -OCH3 is 1. The molecule has 380 valence electrons. The maximum atomic E-state index is 15.5. The van der Waals surface area contributed by atoms with Crippen LogP contribution in [0.25, 0.3) is 33.4 Å². The van der Waals surface area contributed by atoms with Gasteiger partial charge in [0.15, 0.2) is 0 Å². The van der Waals surface area contributed by atoms with Crippen LogP contribution in [0.2, 0.25) is 0 Å². The van der Waals surface area contributed by atoms with Crippen molar-refractivity contribution < 1.29 is 33.0 Å². The van der Waals surface area contributed by atoms with Crippen LogP contribution in [-0.4, -0.2) is 159 Å². The van der Waals surface area contributed by atoms with E-state index in [0.717, 1.165) is 70.9 Å². The van der Waals surface area contributed by atoms with E-state index in [1.807, 2.05) is 32.2 Å². The van der Waals surface area contributed by atoms with Gasteiger partial charge in [0.1, 0.15) is 42.0 Å². The molecule has 72 heavy (non-hydrogen) atoms. The highest BCUT2D eigenvalue weighted by atomic mass is 16.5. The maximum absolute atomic E-state index is 15.5. The summed E-state index contributed by atoms with van der Waals surface area (Å²) in [5.41, 5.74) is 9.75. The number of esters is 1. The van der Waals surface area contributed by atoms with Gasteiger partial charge in [-0.15, -0.1) is 0 Å². The van der Waals surface area contributed by atoms with Crippen molar-refractivity contribution in [1.29, 1.82) is 0 Å². The molecule has 1 aromatic carbocycles. The Labute approximate surface area is 420 Å². The number of hydrazine groups is 1. The summed E-state index contributed by atoms with van der Waals surface area (Å²) in [6, 6.07) is 10.6. The number of oxazole rings is 1. The molecule has 2 amide bonds. The molecule has 12 rings (SSSR count). The number of carbonyl (C=O) groups is 3. The number of nitrogens with zero attached hydrogens (tertiary/aromatic N) is 9. The van der Waals surface area contributed by atoms with E-state index >= 15 is 4.79 Å². The number of nitrogens with one attached hydrogen (secondary N) is 2. The Hall–Kier alpha value is -5.63. The first-order valence-electron chi connectivity index (χ1n) is 26.0. The van der Waals surface area contributed by atoms with Gasteiger partial charge in [-0.3, -0.25) is 34.2 Å². The third-order valence-electron chi connectivity index (χ3n) is 16.6. The fraction of sp³-hybridized carbons (Fsp3) is 0.574. The maximum Gasteiger partial charge on any atom is 0.324 e. The van der Waals surface area contributed by atoms with Crippen LogP contribution >= 0.6 is 0 Å². The zero-order chi connectivity index (χ0) is 49.6. The van der Waals surface area contributed by atoms with E-state index in [2.05, 4.69) is 85.1 Å². The molecule has 2 saturated carbocycles. The van der Waals surface area contributed by atoms with Gasteiger partial charge in [0, 0.05) is 116 Å². The van der Waals surface area contributed by atoms with Crippen LogP contribution in [0, 0.1) is 17.3 Å². The molecule has 9 heterocycles. The van der Waals surface area contributed by atoms with Gasteiger partial charge in [0.2, 0.25) is 11.8 Å². The largest absolute Gasteiger partial charge is 0.464 e. The summed E-state index contributed by atoms with van der Waals surface area (Å²) in [7, 11) is 3.79. The second-order valence-electron chi connectivity index (χ2n) is 22.6. The lowest BCUT2D eigenvalue weighted by atomic mass is 9.84. The highest BCUT2D eigenvalue weighted by molar-refractivity contribution is 5.95. The SMILES string of the molecule is CO[C@@H](C)c1ncccc1-c1c2c3cc(ccc3n1C1CN(C3CC3)C1)-c1coc(n1)[C@@H](N1CCOC3(CN(C)C3)C1)[C@H](NC(=O)[C@@H]1[C@@H](C)[C@H]1c1ccncn1)C(=O)N1CCC[C@H](N1)C(=O)OCC(C)(C)C2. The van der Waals surface area contributed by atoms with E-state index in [4.69, 9.17) is 28.6 Å². The molecule has 18 heteroatoms. The van der Waals surface area contributed by atoms with E-state index in [0.29, 0.717) is 63.1 Å². The van der Waals surface area contributed by atoms with E-state index in [1.165, 1.54) is 24.2 Å². The number of pyridine rings is 1. The summed E-state index contributed by atoms with van der Waals surface area (Å²) in [6.45, 7) is 13.6. The summed E-state index contributed by atoms with van der Waals surface area (Å²) >= 11 is 0. The molecule has 7 atom stereocenters. The van der Waals surface area contributed by atoms with Crippen LogP contribution in [0.5, 0.6) is 0 Å². The molecule has 6 bridgehead atoms. The minimum atomic E-state index is -1.16. The molecule has 2 N–H and O–H groups in total. The van der Waals surface area contributed by atoms with Crippen LogP contribution < -0.4 is 10.7 Å². The Balaban J connectivity index is 1.01. The van der Waals surface area contributed by atoms with Crippen molar-refractivity contribution in [1.82, 2.24) is 55.0 Å². The quantitative estimate of drug-likeness (QED) is 0.186. The average molecular weight is 982 g/mol. The lowest BCUT2D eigenvalue weighted by Gasteiger charge is -2.54. The van der Waals surface area contributed by atoms with Crippen molar-refractivity contribution in [2.45, 2.75) is 108 Å². The summed E-state index contributed by atoms with van der Waals surface area (Å²) in [6.07, 6.45) is 10.5. The molecule has 0 radical (unpaired) electrons. The van der Waals surface area contributed by atoms with E-state index in [1.54, 1.807) is 19.6 Å². The summed E-state index contributed by atoms with van der Waals surface area (Å²) in [4.78, 5) is 70.4. The Morgan fingerprint density at radius 3 is 2.60 bits per heavy atom. The molecule has 2 aliphatic carbocycles. The van der Waals surface area contributed by atoms with Gasteiger partial charge in [-0.25, -0.2) is 20.4 Å². The molecule has 6 fully saturated rings. The highest BCUT2D eigenvalue weighted by Gasteiger charge is 2.56. The molecule has 1 spiro atoms. The molecule has 0 unspecified atom stereocenters. The number of likely N-dealkylation sites (tertiary alicyclic amines) is 2. The first kappa shape index (κ1) is 47.4. The number of cyclic esters (lactones) is 1. The van der Waals surface area contributed by atoms with Gasteiger partial charge in [0.25, 0.3) is 5.91 Å². The smallest absolute Gasteiger partial charge is 0.324 e. The normalized spacial score (nSPS) is 28.5. The zero-order valence-corrected chi connectivity index (χ0v) is 42.3. The number of likely N-dealkylation sites (N-methyl/N-ethyl adjacent to an activating group) is 1. The number of aromatic nitrogens is 5. The summed E-state index contributed by atoms with van der Waals surface area (Å²) < 4.78 is 27.9. The predicted octanol–water partition coefficient (Wildman–Crippen LogP) is 5.09. The van der Waals surface area contributed by atoms with Gasteiger partial charge in [-0.05, 0) is 87.9 Å². The van der Waals surface area contributed by atoms with Gasteiger partial charge in [-0.1, -0.05) is 26.8 Å². The molecule has 5 aliphatic heterocycles. The van der Waals surface area contributed by atoms with Crippen molar-refractivity contribution in [3.05, 3.63) is 84.2 Å². The number of rotatable bonds is 9. The number of hydrogen-bond acceptors (Lipinski definition) is 15. The Kier molecular flexibility index (Phi) is 12.1. The van der Waals surface area contributed by atoms with Gasteiger partial charge in [-0.2, -0.15) is 0 Å². The molecule has 4 aromatic heterocycles. The molecular weight excluding hydrogens is 915 g/mol. The number of amides is 2. The van der Waals surface area contributed by atoms with Gasteiger partial charge < -0.3 is 33.4 Å². The lowest BCUT2D eigenvalue weighted by Crippen LogP contribution is -2.70. The highest BCUT2D eigenvalue weighted by Crippen LogP contribution is 2.53. The molecular formula is C54H67N11O7. The predicted molar refractivity (Wildman–Crippen MR) is 266 cm³/mol. The number of hydrogen-bond donors (Lipinski definition) is 2. The van der Waals surface area contributed by atoms with E-state index in [9.17, 15) is 9.59 Å². The van der Waals surface area contributed by atoms with Crippen LogP contribution in [0.15, 0.2) is 65.8 Å². The minimum Gasteiger partial charge on any atom is -0.464 e. The van der Waals surface area contributed by atoms with Crippen LogP contribution in [0.4, 0.5) is 0 Å². The fourth-order valence-corrected chi connectivity index (χ4v) is 12.7. The number of carbonyl (C=O) groups excluding carboxylic acids is 3. The van der Waals surface area contributed by atoms with Gasteiger partial charge >= 0.3 is 5.97 Å². The number of morpholine rings is 1. The summed E-state index contributed by atoms with van der Waals surface area (Å²) in [5, 5.41) is 5.85. The van der Waals surface area contributed by atoms with Crippen LogP contribution in [-0.2, 0) is 35.0 Å². The number of benzene rings is 1. The lowest BCUT2D eigenvalue weighted by molar-refractivity contribution is -0.188. The van der Waals surface area contributed by atoms with Crippen molar-refractivity contribution in [3.63, 3.8) is 0 Å². The third kappa shape index (κ3) is 8.60. The standard InChI is InChI=1S/C54H67N11O7/c1-31-43(39-15-17-55-30-57-39)44(31)49(66)59-46-48(62-19-20-72-54(28-62)26-61(5)27-54)50-58-41(25-70-50)33-11-14-42-37(21-33)38(22-53(3,4)29-71-52(68)40-10-8-18-64(60-40)51(46)67)47(36-9-7-16-56-45(36)32(2)69-6)65(42)35-23-63(24-35)34-12-13-34/h7,9,11,14-17,21,25,30-32,34-35,40,43-44,46,48,60H,8,10,12-13,18-20,22-24,26-29H2,1-6H3,(H,59,66)/t31-,32-,40-,43-,44+,46-,48-/m0/s1. The van der Waals surface area contributed by atoms with E-state index < -0.39 is 41.0 Å². The average Bonchev–Trinajstić information content (AvgIpc) is 4.24. The van der Waals surface area contributed by atoms with Crippen molar-refractivity contribution in [3.8, 4) is 22.5 Å². The van der Waals surface area contributed by atoms with Crippen molar-refractivity contribution in [2.24, 2.45) is 17.3 Å². The molecule has 5 aromatic rings. The second kappa shape index (κ2) is 18.4. The first-order chi connectivity index (χ1) is 34.8. The summed E-state index contributed by atoms with van der Waals surface area (Å²) in [5.74, 6) is -1.34. The number of fused-ring (bicyclic) bond motifs is 6. The van der Waals surface area contributed by atoms with Gasteiger partial charge in [0.05, 0.1) is 36.7 Å². The van der Waals surface area contributed by atoms with Crippen LogP contribution in [0.3, 0.4) is 0 Å². The minimum absolute atomic E-state index is 0.0144. The molecule has 7 aliphatic rings. The van der Waals surface area contributed by atoms with Crippen molar-refractivity contribution >= 4 is 28.7 Å². The Bertz CT molecular complexity index is 2870. The number of ether oxygens (including phenoxy) is 3. The second-order valence-corrected chi connectivity index (χ2v) is 22.6. The Morgan fingerprint density at radius 2 is 1.83 bits per heavy atom. The third-order valence-corrected chi connectivity index (χ3v) is 16.6.